The van der Waals surface area contributed by atoms with Crippen LogP contribution in [-0.4, -0.2) is 23.3 Å². The van der Waals surface area contributed by atoms with Crippen LogP contribution in [0.25, 0.3) is 0 Å². The summed E-state index contributed by atoms with van der Waals surface area (Å²) in [6.45, 7) is 6.28. The highest BCUT2D eigenvalue weighted by molar-refractivity contribution is 8.16. The van der Waals surface area contributed by atoms with Crippen molar-refractivity contribution in [1.29, 1.82) is 0 Å². The van der Waals surface area contributed by atoms with Gasteiger partial charge in [-0.1, -0.05) is 78.4 Å². The zero-order valence-corrected chi connectivity index (χ0v) is 22.9. The summed E-state index contributed by atoms with van der Waals surface area (Å²) in [6.07, 6.45) is 0. The van der Waals surface area contributed by atoms with Gasteiger partial charge in [-0.3, -0.25) is 0 Å². The fourth-order valence-electron chi connectivity index (χ4n) is 5.04. The third kappa shape index (κ3) is 4.19. The SMILES string of the molecule is CCOC(=O)C1=NN(c2ccccc2)C2(S1)c1ccccc1C(c1cc(C)ccc1C)=NN2c1ccccc1. The quantitative estimate of drug-likeness (QED) is 0.264. The Morgan fingerprint density at radius 1 is 0.795 bits per heavy atom. The summed E-state index contributed by atoms with van der Waals surface area (Å²) in [6, 6.07) is 34.7. The molecule has 4 aromatic carbocycles. The van der Waals surface area contributed by atoms with Crippen LogP contribution >= 0.6 is 11.8 Å². The van der Waals surface area contributed by atoms with Crippen molar-refractivity contribution in [2.45, 2.75) is 25.8 Å². The number of benzene rings is 4. The number of thioether (sulfide) groups is 1. The minimum Gasteiger partial charge on any atom is -0.461 e. The highest BCUT2D eigenvalue weighted by Crippen LogP contribution is 2.55. The third-order valence-electron chi connectivity index (χ3n) is 6.84. The van der Waals surface area contributed by atoms with Crippen LogP contribution in [0.2, 0.25) is 0 Å². The largest absolute Gasteiger partial charge is 0.461 e. The summed E-state index contributed by atoms with van der Waals surface area (Å²) < 4.78 is 5.42. The van der Waals surface area contributed by atoms with Gasteiger partial charge in [-0.05, 0) is 68.4 Å². The van der Waals surface area contributed by atoms with Gasteiger partial charge in [0.05, 0.1) is 23.7 Å². The Morgan fingerprint density at radius 3 is 2.08 bits per heavy atom. The zero-order chi connectivity index (χ0) is 27.0. The van der Waals surface area contributed by atoms with E-state index >= 15 is 0 Å². The molecule has 1 atom stereocenters. The molecule has 1 spiro atoms. The van der Waals surface area contributed by atoms with Crippen LogP contribution in [-0.2, 0) is 14.5 Å². The molecule has 39 heavy (non-hydrogen) atoms. The van der Waals surface area contributed by atoms with E-state index in [2.05, 4.69) is 44.2 Å². The van der Waals surface area contributed by atoms with Gasteiger partial charge in [-0.15, -0.1) is 0 Å². The van der Waals surface area contributed by atoms with Gasteiger partial charge in [0.2, 0.25) is 10.0 Å². The van der Waals surface area contributed by atoms with Crippen LogP contribution in [0.5, 0.6) is 0 Å². The molecule has 6 rings (SSSR count). The Kier molecular flexibility index (Phi) is 6.45. The van der Waals surface area contributed by atoms with E-state index in [1.807, 2.05) is 82.8 Å². The summed E-state index contributed by atoms with van der Waals surface area (Å²) in [5, 5.41) is 14.4. The van der Waals surface area contributed by atoms with E-state index in [0.29, 0.717) is 0 Å². The molecular weight excluding hydrogens is 504 g/mol. The molecule has 2 aliphatic heterocycles. The number of hydrogen-bond acceptors (Lipinski definition) is 7. The molecule has 194 valence electrons. The molecule has 6 nitrogen and oxygen atoms in total. The zero-order valence-electron chi connectivity index (χ0n) is 22.0. The van der Waals surface area contributed by atoms with E-state index in [1.165, 1.54) is 11.8 Å². The van der Waals surface area contributed by atoms with Gasteiger partial charge in [0.1, 0.15) is 0 Å². The van der Waals surface area contributed by atoms with Crippen LogP contribution in [0.4, 0.5) is 11.4 Å². The molecule has 0 amide bonds. The second kappa shape index (κ2) is 10.1. The third-order valence-corrected chi connectivity index (χ3v) is 8.13. The van der Waals surface area contributed by atoms with Crippen molar-refractivity contribution in [2.24, 2.45) is 10.2 Å². The molecule has 0 saturated carbocycles. The average molecular weight is 533 g/mol. The number of hydrazone groups is 2. The van der Waals surface area contributed by atoms with E-state index in [-0.39, 0.29) is 11.7 Å². The Morgan fingerprint density at radius 2 is 1.41 bits per heavy atom. The summed E-state index contributed by atoms with van der Waals surface area (Å²) in [5.41, 5.74) is 7.94. The summed E-state index contributed by atoms with van der Waals surface area (Å²) >= 11 is 1.36. The molecule has 2 aliphatic rings. The van der Waals surface area contributed by atoms with Gasteiger partial charge in [-0.2, -0.15) is 10.2 Å². The molecule has 0 saturated heterocycles. The Labute approximate surface area is 232 Å². The van der Waals surface area contributed by atoms with E-state index in [0.717, 1.165) is 44.9 Å². The van der Waals surface area contributed by atoms with Crippen LogP contribution in [0, 0.1) is 13.8 Å². The number of nitrogens with zero attached hydrogens (tertiary/aromatic N) is 4. The first-order valence-corrected chi connectivity index (χ1v) is 13.8. The van der Waals surface area contributed by atoms with Crippen molar-refractivity contribution in [2.75, 3.05) is 16.6 Å². The molecule has 0 N–H and O–H groups in total. The van der Waals surface area contributed by atoms with Gasteiger partial charge in [-0.25, -0.2) is 14.8 Å². The van der Waals surface area contributed by atoms with E-state index in [4.69, 9.17) is 14.9 Å². The normalized spacial score (nSPS) is 18.0. The lowest BCUT2D eigenvalue weighted by atomic mass is 9.90. The summed E-state index contributed by atoms with van der Waals surface area (Å²) in [4.78, 5) is 12.1. The maximum atomic E-state index is 13.1. The number of aryl methyl sites for hydroxylation is 2. The van der Waals surface area contributed by atoms with Gasteiger partial charge in [0.15, 0.2) is 0 Å². The Balaban J connectivity index is 1.66. The number of para-hydroxylation sites is 2. The van der Waals surface area contributed by atoms with E-state index < -0.39 is 11.0 Å². The second-order valence-electron chi connectivity index (χ2n) is 9.44. The number of ether oxygens (including phenoxy) is 1. The van der Waals surface area contributed by atoms with Crippen molar-refractivity contribution in [3.8, 4) is 0 Å². The number of fused-ring (bicyclic) bond motifs is 2. The predicted octanol–water partition coefficient (Wildman–Crippen LogP) is 6.82. The molecule has 0 bridgehead atoms. The number of hydrogen-bond donors (Lipinski definition) is 0. The van der Waals surface area contributed by atoms with Crippen LogP contribution in [0.1, 0.15) is 34.7 Å². The van der Waals surface area contributed by atoms with Crippen molar-refractivity contribution >= 4 is 39.9 Å². The number of esters is 1. The molecule has 0 aromatic heterocycles. The molecule has 0 aliphatic carbocycles. The smallest absolute Gasteiger partial charge is 0.365 e. The standard InChI is InChI=1S/C32H28N4O2S/c1-4-38-31(37)30-34-36(25-15-9-6-10-16-25)32(39-30)28-18-12-11-17-26(28)29(27-21-22(2)19-20-23(27)3)33-35(32)24-13-7-5-8-14-24/h5-21H,4H2,1-3H3. The first-order chi connectivity index (χ1) is 19.0. The summed E-state index contributed by atoms with van der Waals surface area (Å²) in [5.74, 6) is -0.449. The molecule has 7 heteroatoms. The molecule has 0 fully saturated rings. The van der Waals surface area contributed by atoms with Gasteiger partial charge >= 0.3 is 5.97 Å². The Hall–Kier alpha value is -4.36. The topological polar surface area (TPSA) is 57.5 Å². The first-order valence-electron chi connectivity index (χ1n) is 12.9. The maximum absolute atomic E-state index is 13.1. The molecule has 2 heterocycles. The highest BCUT2D eigenvalue weighted by Gasteiger charge is 2.56. The van der Waals surface area contributed by atoms with Crippen LogP contribution in [0.15, 0.2) is 113 Å². The molecule has 1 unspecified atom stereocenters. The highest BCUT2D eigenvalue weighted by atomic mass is 32.2. The maximum Gasteiger partial charge on any atom is 0.365 e. The number of anilines is 2. The summed E-state index contributed by atoms with van der Waals surface area (Å²) in [7, 11) is 0. The minimum absolute atomic E-state index is 0.269. The fraction of sp³-hybridized carbons (Fsp3) is 0.156. The van der Waals surface area contributed by atoms with Crippen LogP contribution < -0.4 is 10.0 Å². The predicted molar refractivity (Wildman–Crippen MR) is 159 cm³/mol. The van der Waals surface area contributed by atoms with Gasteiger partial charge in [0.25, 0.3) is 0 Å². The van der Waals surface area contributed by atoms with Crippen molar-refractivity contribution < 1.29 is 9.53 Å². The number of rotatable bonds is 5. The lowest BCUT2D eigenvalue weighted by Crippen LogP contribution is -2.54. The van der Waals surface area contributed by atoms with Gasteiger partial charge in [0, 0.05) is 16.7 Å². The lowest BCUT2D eigenvalue weighted by Gasteiger charge is -2.47. The fourth-order valence-corrected chi connectivity index (χ4v) is 6.33. The van der Waals surface area contributed by atoms with Crippen molar-refractivity contribution in [1.82, 2.24) is 0 Å². The molecule has 0 radical (unpaired) electrons. The molecule has 4 aromatic rings. The monoisotopic (exact) mass is 532 g/mol. The van der Waals surface area contributed by atoms with Crippen LogP contribution in [0.3, 0.4) is 0 Å². The minimum atomic E-state index is -1.01. The molecular formula is C32H28N4O2S. The number of carbonyl (C=O) groups is 1. The van der Waals surface area contributed by atoms with E-state index in [9.17, 15) is 4.79 Å². The Bertz CT molecular complexity index is 1600. The second-order valence-corrected chi connectivity index (χ2v) is 10.6. The van der Waals surface area contributed by atoms with Crippen molar-refractivity contribution in [3.63, 3.8) is 0 Å². The van der Waals surface area contributed by atoms with Crippen molar-refractivity contribution in [3.05, 3.63) is 131 Å². The number of carbonyl (C=O) groups excluding carboxylic acids is 1. The first kappa shape index (κ1) is 24.9. The average Bonchev–Trinajstić information content (AvgIpc) is 3.37. The van der Waals surface area contributed by atoms with Gasteiger partial charge < -0.3 is 4.74 Å². The lowest BCUT2D eigenvalue weighted by molar-refractivity contribution is -0.134. The van der Waals surface area contributed by atoms with E-state index in [1.54, 1.807) is 6.92 Å².